The van der Waals surface area contributed by atoms with E-state index in [1.165, 1.54) is 29.0 Å². The van der Waals surface area contributed by atoms with Gasteiger partial charge in [0, 0.05) is 13.1 Å². The van der Waals surface area contributed by atoms with Crippen molar-refractivity contribution >= 4 is 5.69 Å². The summed E-state index contributed by atoms with van der Waals surface area (Å²) in [5, 5.41) is 10.6. The SMILES string of the molecule is Cn1cc([N+](=O)[O-])cc1-c1cccc(C(F)(F)F)c1. The molecule has 0 atom stereocenters. The Morgan fingerprint density at radius 1 is 1.26 bits per heavy atom. The van der Waals surface area contributed by atoms with Crippen LogP contribution < -0.4 is 0 Å². The monoisotopic (exact) mass is 270 g/mol. The quantitative estimate of drug-likeness (QED) is 0.618. The molecule has 0 aliphatic carbocycles. The number of halogens is 3. The zero-order chi connectivity index (χ0) is 14.2. The molecule has 1 heterocycles. The van der Waals surface area contributed by atoms with Gasteiger partial charge in [-0.2, -0.15) is 13.2 Å². The smallest absolute Gasteiger partial charge is 0.344 e. The van der Waals surface area contributed by atoms with Crippen LogP contribution in [0.5, 0.6) is 0 Å². The second kappa shape index (κ2) is 4.42. The van der Waals surface area contributed by atoms with E-state index in [0.717, 1.165) is 12.1 Å². The highest BCUT2D eigenvalue weighted by atomic mass is 19.4. The van der Waals surface area contributed by atoms with Gasteiger partial charge in [-0.15, -0.1) is 0 Å². The number of alkyl halides is 3. The molecule has 2 rings (SSSR count). The van der Waals surface area contributed by atoms with Crippen molar-refractivity contribution in [2.75, 3.05) is 0 Å². The predicted molar refractivity (Wildman–Crippen MR) is 62.5 cm³/mol. The molecule has 0 radical (unpaired) electrons. The molecular formula is C12H9F3N2O2. The van der Waals surface area contributed by atoms with Crippen LogP contribution >= 0.6 is 0 Å². The van der Waals surface area contributed by atoms with E-state index < -0.39 is 16.7 Å². The van der Waals surface area contributed by atoms with Gasteiger partial charge < -0.3 is 4.57 Å². The Balaban J connectivity index is 2.50. The van der Waals surface area contributed by atoms with E-state index >= 15 is 0 Å². The molecule has 0 spiro atoms. The molecule has 1 aromatic heterocycles. The second-order valence-corrected chi connectivity index (χ2v) is 4.03. The molecular weight excluding hydrogens is 261 g/mol. The maximum atomic E-state index is 12.6. The van der Waals surface area contributed by atoms with Crippen molar-refractivity contribution in [1.29, 1.82) is 0 Å². The number of rotatable bonds is 2. The molecule has 0 saturated heterocycles. The largest absolute Gasteiger partial charge is 0.416 e. The van der Waals surface area contributed by atoms with Crippen LogP contribution in [-0.2, 0) is 13.2 Å². The minimum absolute atomic E-state index is 0.157. The first-order chi connectivity index (χ1) is 8.79. The summed E-state index contributed by atoms with van der Waals surface area (Å²) in [6.07, 6.45) is -3.18. The fourth-order valence-electron chi connectivity index (χ4n) is 1.79. The minimum atomic E-state index is -4.44. The Kier molecular flexibility index (Phi) is 3.05. The maximum Gasteiger partial charge on any atom is 0.416 e. The highest BCUT2D eigenvalue weighted by Crippen LogP contribution is 2.33. The molecule has 19 heavy (non-hydrogen) atoms. The zero-order valence-electron chi connectivity index (χ0n) is 9.81. The van der Waals surface area contributed by atoms with E-state index in [-0.39, 0.29) is 11.3 Å². The molecule has 100 valence electrons. The van der Waals surface area contributed by atoms with Gasteiger partial charge in [0.2, 0.25) is 0 Å². The average Bonchev–Trinajstić information content (AvgIpc) is 2.71. The number of nitrogens with zero attached hydrogens (tertiary/aromatic N) is 2. The van der Waals surface area contributed by atoms with E-state index in [4.69, 9.17) is 0 Å². The first-order valence-electron chi connectivity index (χ1n) is 5.27. The number of nitro groups is 1. The molecule has 4 nitrogen and oxygen atoms in total. The van der Waals surface area contributed by atoms with Gasteiger partial charge >= 0.3 is 6.18 Å². The molecule has 0 N–H and O–H groups in total. The van der Waals surface area contributed by atoms with Crippen LogP contribution in [0.1, 0.15) is 5.56 Å². The van der Waals surface area contributed by atoms with Crippen molar-refractivity contribution in [3.05, 3.63) is 52.2 Å². The summed E-state index contributed by atoms with van der Waals surface area (Å²) in [7, 11) is 1.54. The van der Waals surface area contributed by atoms with Crippen molar-refractivity contribution in [1.82, 2.24) is 4.57 Å². The molecule has 0 aliphatic rings. The standard InChI is InChI=1S/C12H9F3N2O2/c1-16-7-10(17(18)19)6-11(16)8-3-2-4-9(5-8)12(13,14)15/h2-7H,1H3. The van der Waals surface area contributed by atoms with Crippen molar-refractivity contribution in [3.63, 3.8) is 0 Å². The van der Waals surface area contributed by atoms with Crippen LogP contribution in [0.2, 0.25) is 0 Å². The van der Waals surface area contributed by atoms with Crippen LogP contribution in [0.15, 0.2) is 36.5 Å². The third kappa shape index (κ3) is 2.59. The Bertz CT molecular complexity index is 632. The van der Waals surface area contributed by atoms with Gasteiger partial charge in [0.1, 0.15) is 0 Å². The molecule has 0 fully saturated rings. The van der Waals surface area contributed by atoms with Gasteiger partial charge in [-0.05, 0) is 17.7 Å². The Hall–Kier alpha value is -2.31. The third-order valence-electron chi connectivity index (χ3n) is 2.69. The fraction of sp³-hybridized carbons (Fsp3) is 0.167. The summed E-state index contributed by atoms with van der Waals surface area (Å²) >= 11 is 0. The molecule has 0 unspecified atom stereocenters. The first kappa shape index (κ1) is 13.1. The lowest BCUT2D eigenvalue weighted by Crippen LogP contribution is -2.04. The Labute approximate surface area is 106 Å². The van der Waals surface area contributed by atoms with Crippen molar-refractivity contribution < 1.29 is 18.1 Å². The summed E-state index contributed by atoms with van der Waals surface area (Å²) < 4.78 is 39.2. The second-order valence-electron chi connectivity index (χ2n) is 4.03. The molecule has 2 aromatic rings. The number of hydrogen-bond donors (Lipinski definition) is 0. The predicted octanol–water partition coefficient (Wildman–Crippen LogP) is 3.62. The van der Waals surface area contributed by atoms with E-state index in [2.05, 4.69) is 0 Å². The lowest BCUT2D eigenvalue weighted by atomic mass is 10.1. The molecule has 7 heteroatoms. The van der Waals surface area contributed by atoms with Crippen molar-refractivity contribution in [3.8, 4) is 11.3 Å². The normalized spacial score (nSPS) is 11.6. The fourth-order valence-corrected chi connectivity index (χ4v) is 1.79. The Morgan fingerprint density at radius 3 is 2.47 bits per heavy atom. The van der Waals surface area contributed by atoms with Crippen LogP contribution in [0.25, 0.3) is 11.3 Å². The maximum absolute atomic E-state index is 12.6. The summed E-state index contributed by atoms with van der Waals surface area (Å²) in [4.78, 5) is 10.1. The van der Waals surface area contributed by atoms with Gasteiger partial charge in [-0.3, -0.25) is 10.1 Å². The molecule has 0 aliphatic heterocycles. The van der Waals surface area contributed by atoms with Gasteiger partial charge in [-0.25, -0.2) is 0 Å². The first-order valence-corrected chi connectivity index (χ1v) is 5.27. The third-order valence-corrected chi connectivity index (χ3v) is 2.69. The number of benzene rings is 1. The van der Waals surface area contributed by atoms with E-state index in [9.17, 15) is 23.3 Å². The summed E-state index contributed by atoms with van der Waals surface area (Å²) in [5.74, 6) is 0. The minimum Gasteiger partial charge on any atom is -0.344 e. The van der Waals surface area contributed by atoms with Crippen molar-refractivity contribution in [2.24, 2.45) is 7.05 Å². The number of aryl methyl sites for hydroxylation is 1. The average molecular weight is 270 g/mol. The summed E-state index contributed by atoms with van der Waals surface area (Å²) in [6, 6.07) is 5.93. The molecule has 1 aromatic carbocycles. The molecule has 0 bridgehead atoms. The van der Waals surface area contributed by atoms with Gasteiger partial charge in [0.25, 0.3) is 5.69 Å². The van der Waals surface area contributed by atoms with Crippen LogP contribution in [0.4, 0.5) is 18.9 Å². The zero-order valence-corrected chi connectivity index (χ0v) is 9.81. The lowest BCUT2D eigenvalue weighted by Gasteiger charge is -2.09. The van der Waals surface area contributed by atoms with Gasteiger partial charge in [-0.1, -0.05) is 12.1 Å². The van der Waals surface area contributed by atoms with Crippen LogP contribution in [0, 0.1) is 10.1 Å². The van der Waals surface area contributed by atoms with Crippen molar-refractivity contribution in [2.45, 2.75) is 6.18 Å². The van der Waals surface area contributed by atoms with Gasteiger partial charge in [0.15, 0.2) is 0 Å². The van der Waals surface area contributed by atoms with Crippen LogP contribution in [0.3, 0.4) is 0 Å². The number of aromatic nitrogens is 1. The highest BCUT2D eigenvalue weighted by Gasteiger charge is 2.30. The Morgan fingerprint density at radius 2 is 1.95 bits per heavy atom. The van der Waals surface area contributed by atoms with Crippen LogP contribution in [-0.4, -0.2) is 9.49 Å². The summed E-state index contributed by atoms with van der Waals surface area (Å²) in [6.45, 7) is 0. The van der Waals surface area contributed by atoms with E-state index in [1.54, 1.807) is 7.05 Å². The van der Waals surface area contributed by atoms with E-state index in [0.29, 0.717) is 5.69 Å². The lowest BCUT2D eigenvalue weighted by molar-refractivity contribution is -0.384. The topological polar surface area (TPSA) is 48.1 Å². The van der Waals surface area contributed by atoms with E-state index in [1.807, 2.05) is 0 Å². The number of hydrogen-bond acceptors (Lipinski definition) is 2. The molecule has 0 saturated carbocycles. The highest BCUT2D eigenvalue weighted by molar-refractivity contribution is 5.64. The molecule has 0 amide bonds. The summed E-state index contributed by atoms with van der Waals surface area (Å²) in [5.41, 5.74) is -0.299. The van der Waals surface area contributed by atoms with Gasteiger partial charge in [0.05, 0.1) is 22.4 Å².